The minimum atomic E-state index is -0.502. The third-order valence-corrected chi connectivity index (χ3v) is 6.79. The predicted octanol–water partition coefficient (Wildman–Crippen LogP) is 2.18. The van der Waals surface area contributed by atoms with Crippen LogP contribution in [0.5, 0.6) is 0 Å². The maximum atomic E-state index is 12.2. The van der Waals surface area contributed by atoms with Gasteiger partial charge in [-0.2, -0.15) is 0 Å². The summed E-state index contributed by atoms with van der Waals surface area (Å²) in [6.07, 6.45) is 11.5. The van der Waals surface area contributed by atoms with E-state index in [-0.39, 0.29) is 5.78 Å². The Kier molecular flexibility index (Phi) is 3.35. The van der Waals surface area contributed by atoms with E-state index >= 15 is 0 Å². The lowest BCUT2D eigenvalue weighted by molar-refractivity contribution is -0.129. The number of nitrogens with one attached hydrogen (secondary N) is 1. The molecule has 1 heterocycles. The van der Waals surface area contributed by atoms with E-state index in [2.05, 4.69) is 16.4 Å². The number of pyridine rings is 1. The van der Waals surface area contributed by atoms with Crippen LogP contribution in [-0.4, -0.2) is 39.2 Å². The van der Waals surface area contributed by atoms with Crippen LogP contribution in [0.2, 0.25) is 0 Å². The first-order chi connectivity index (χ1) is 12.1. The van der Waals surface area contributed by atoms with E-state index < -0.39 is 12.2 Å². The van der Waals surface area contributed by atoms with Crippen molar-refractivity contribution in [2.45, 2.75) is 50.2 Å². The minimum absolute atomic E-state index is 0.291. The van der Waals surface area contributed by atoms with Crippen LogP contribution in [0.15, 0.2) is 12.3 Å². The summed E-state index contributed by atoms with van der Waals surface area (Å²) in [6.45, 7) is -0.502. The summed E-state index contributed by atoms with van der Waals surface area (Å²) >= 11 is 0. The van der Waals surface area contributed by atoms with E-state index in [4.69, 9.17) is 0 Å². The van der Waals surface area contributed by atoms with Crippen molar-refractivity contribution in [2.24, 2.45) is 17.8 Å². The first kappa shape index (κ1) is 15.5. The number of carbonyl (C=O) groups excluding carboxylic acids is 1. The Morgan fingerprint density at radius 1 is 1.28 bits per heavy atom. The Balaban J connectivity index is 1.51. The molecule has 0 saturated heterocycles. The molecule has 0 radical (unpaired) electrons. The Hall–Kier alpha value is -1.72. The molecule has 1 aromatic heterocycles. The van der Waals surface area contributed by atoms with Crippen LogP contribution >= 0.6 is 0 Å². The van der Waals surface area contributed by atoms with Gasteiger partial charge in [0.2, 0.25) is 0 Å². The number of aromatic nitrogens is 1. The summed E-state index contributed by atoms with van der Waals surface area (Å²) in [7, 11) is 0. The highest BCUT2D eigenvalue weighted by molar-refractivity contribution is 6.03. The molecule has 5 nitrogen and oxygen atoms in total. The molecule has 0 amide bonds. The zero-order valence-corrected chi connectivity index (χ0v) is 14.2. The van der Waals surface area contributed by atoms with Crippen molar-refractivity contribution in [1.29, 1.82) is 0 Å². The monoisotopic (exact) mass is 340 g/mol. The Morgan fingerprint density at radius 3 is 2.72 bits per heavy atom. The van der Waals surface area contributed by atoms with Gasteiger partial charge in [0.25, 0.3) is 0 Å². The third-order valence-electron chi connectivity index (χ3n) is 6.79. The summed E-state index contributed by atoms with van der Waals surface area (Å²) in [5, 5.41) is 23.8. The molecule has 3 N–H and O–H groups in total. The SMILES string of the molecule is O=C(CO)c1cnc2c(c1NC1C3CC4CC1CC(O)(C4)C3)C=CC2. The van der Waals surface area contributed by atoms with Gasteiger partial charge in [0.1, 0.15) is 6.61 Å². The molecule has 0 aliphatic heterocycles. The maximum absolute atomic E-state index is 12.2. The van der Waals surface area contributed by atoms with Crippen LogP contribution in [0.25, 0.3) is 6.08 Å². The number of aliphatic hydroxyl groups excluding tert-OH is 1. The van der Waals surface area contributed by atoms with E-state index in [0.717, 1.165) is 42.6 Å². The molecule has 4 saturated carbocycles. The Labute approximate surface area is 147 Å². The van der Waals surface area contributed by atoms with E-state index in [1.807, 2.05) is 6.08 Å². The zero-order chi connectivity index (χ0) is 17.2. The van der Waals surface area contributed by atoms with Crippen LogP contribution in [-0.2, 0) is 6.42 Å². The fourth-order valence-corrected chi connectivity index (χ4v) is 6.03. The van der Waals surface area contributed by atoms with Crippen molar-refractivity contribution < 1.29 is 15.0 Å². The zero-order valence-electron chi connectivity index (χ0n) is 14.2. The van der Waals surface area contributed by atoms with Crippen LogP contribution in [0.4, 0.5) is 5.69 Å². The van der Waals surface area contributed by atoms with Crippen LogP contribution < -0.4 is 5.32 Å². The number of aliphatic hydroxyl groups is 2. The average Bonchev–Trinajstić information content (AvgIpc) is 3.04. The van der Waals surface area contributed by atoms with Gasteiger partial charge in [0.15, 0.2) is 5.78 Å². The second-order valence-electron chi connectivity index (χ2n) is 8.46. The number of rotatable bonds is 4. The van der Waals surface area contributed by atoms with Gasteiger partial charge in [-0.25, -0.2) is 0 Å². The number of hydrogen-bond donors (Lipinski definition) is 3. The first-order valence-electron chi connectivity index (χ1n) is 9.38. The average molecular weight is 340 g/mol. The van der Waals surface area contributed by atoms with Gasteiger partial charge in [-0.1, -0.05) is 12.2 Å². The van der Waals surface area contributed by atoms with Crippen LogP contribution in [0, 0.1) is 17.8 Å². The van der Waals surface area contributed by atoms with E-state index in [9.17, 15) is 15.0 Å². The molecular weight excluding hydrogens is 316 g/mol. The van der Waals surface area contributed by atoms with E-state index in [1.54, 1.807) is 6.20 Å². The molecule has 6 rings (SSSR count). The number of nitrogens with zero attached hydrogens (tertiary/aromatic N) is 1. The number of fused-ring (bicyclic) bond motifs is 1. The molecular formula is C20H24N2O3. The summed E-state index contributed by atoms with van der Waals surface area (Å²) in [5.41, 5.74) is 2.84. The van der Waals surface area contributed by atoms with Crippen molar-refractivity contribution in [3.63, 3.8) is 0 Å². The van der Waals surface area contributed by atoms with E-state index in [1.165, 1.54) is 12.8 Å². The quantitative estimate of drug-likeness (QED) is 0.732. The summed E-state index contributed by atoms with van der Waals surface area (Å²) in [4.78, 5) is 16.6. The molecule has 2 atom stereocenters. The van der Waals surface area contributed by atoms with Crippen molar-refractivity contribution >= 4 is 17.5 Å². The second-order valence-corrected chi connectivity index (χ2v) is 8.46. The molecule has 4 fully saturated rings. The smallest absolute Gasteiger partial charge is 0.191 e. The molecule has 0 aromatic carbocycles. The highest BCUT2D eigenvalue weighted by Gasteiger charge is 2.54. The molecule has 5 aliphatic carbocycles. The van der Waals surface area contributed by atoms with Gasteiger partial charge >= 0.3 is 0 Å². The second kappa shape index (κ2) is 5.39. The molecule has 1 aromatic rings. The van der Waals surface area contributed by atoms with Gasteiger partial charge in [-0.3, -0.25) is 9.78 Å². The van der Waals surface area contributed by atoms with Crippen molar-refractivity contribution in [1.82, 2.24) is 4.98 Å². The van der Waals surface area contributed by atoms with Crippen molar-refractivity contribution in [3.8, 4) is 0 Å². The molecule has 2 unspecified atom stereocenters. The van der Waals surface area contributed by atoms with Crippen LogP contribution in [0.3, 0.4) is 0 Å². The van der Waals surface area contributed by atoms with Crippen molar-refractivity contribution in [3.05, 3.63) is 29.1 Å². The van der Waals surface area contributed by atoms with Gasteiger partial charge < -0.3 is 15.5 Å². The van der Waals surface area contributed by atoms with Gasteiger partial charge in [-0.05, 0) is 49.9 Å². The highest BCUT2D eigenvalue weighted by Crippen LogP contribution is 2.56. The molecule has 5 aliphatic rings. The largest absolute Gasteiger partial charge is 0.390 e. The Morgan fingerprint density at radius 2 is 2.04 bits per heavy atom. The minimum Gasteiger partial charge on any atom is -0.390 e. The maximum Gasteiger partial charge on any atom is 0.191 e. The number of anilines is 1. The summed E-state index contributed by atoms with van der Waals surface area (Å²) in [5.74, 6) is 1.28. The number of Topliss-reactive ketones (excluding diaryl/α,β-unsaturated/α-hetero) is 1. The Bertz CT molecular complexity index is 756. The van der Waals surface area contributed by atoms with E-state index in [0.29, 0.717) is 29.4 Å². The lowest BCUT2D eigenvalue weighted by Gasteiger charge is -2.58. The standard InChI is InChI=1S/C20H24N2O3/c23-10-17(24)15-9-21-16-3-1-2-14(16)19(15)22-18-12-4-11-5-13(18)8-20(25,6-11)7-12/h1-2,9,11-13,18,23,25H,3-8,10H2,(H,21,22). The fourth-order valence-electron chi connectivity index (χ4n) is 6.03. The number of carbonyl (C=O) groups is 1. The van der Waals surface area contributed by atoms with Gasteiger partial charge in [0, 0.05) is 24.2 Å². The molecule has 5 heteroatoms. The summed E-state index contributed by atoms with van der Waals surface area (Å²) < 4.78 is 0. The first-order valence-corrected chi connectivity index (χ1v) is 9.38. The topological polar surface area (TPSA) is 82.5 Å². The third kappa shape index (κ3) is 2.36. The molecule has 25 heavy (non-hydrogen) atoms. The molecule has 132 valence electrons. The van der Waals surface area contributed by atoms with Gasteiger partial charge in [0.05, 0.1) is 22.5 Å². The van der Waals surface area contributed by atoms with Crippen LogP contribution in [0.1, 0.15) is 53.7 Å². The highest BCUT2D eigenvalue weighted by atomic mass is 16.3. The number of ketones is 1. The predicted molar refractivity (Wildman–Crippen MR) is 94.3 cm³/mol. The lowest BCUT2D eigenvalue weighted by Crippen LogP contribution is -2.59. The normalized spacial score (nSPS) is 37.4. The fraction of sp³-hybridized carbons (Fsp3) is 0.600. The summed E-state index contributed by atoms with van der Waals surface area (Å²) in [6, 6.07) is 0.294. The number of allylic oxidation sites excluding steroid dienone is 1. The number of hydrogen-bond acceptors (Lipinski definition) is 5. The van der Waals surface area contributed by atoms with Crippen molar-refractivity contribution in [2.75, 3.05) is 11.9 Å². The lowest BCUT2D eigenvalue weighted by atomic mass is 9.52. The molecule has 0 spiro atoms. The van der Waals surface area contributed by atoms with Gasteiger partial charge in [-0.15, -0.1) is 0 Å². The molecule has 4 bridgehead atoms.